The minimum absolute atomic E-state index is 0.126. The van der Waals surface area contributed by atoms with Gasteiger partial charge in [0.25, 0.3) is 5.56 Å². The van der Waals surface area contributed by atoms with Gasteiger partial charge in [0.2, 0.25) is 0 Å². The fourth-order valence-corrected chi connectivity index (χ4v) is 2.03. The van der Waals surface area contributed by atoms with Crippen LogP contribution in [-0.2, 0) is 9.53 Å². The summed E-state index contributed by atoms with van der Waals surface area (Å²) >= 11 is 0. The molecule has 0 aliphatic carbocycles. The van der Waals surface area contributed by atoms with Crippen molar-refractivity contribution in [1.29, 1.82) is 0 Å². The molecule has 0 bridgehead atoms. The first-order valence-corrected chi connectivity index (χ1v) is 5.98. The van der Waals surface area contributed by atoms with E-state index in [4.69, 9.17) is 9.84 Å². The molecule has 1 aromatic rings. The fraction of sp³-hybridized carbons (Fsp3) is 0.417. The highest BCUT2D eigenvalue weighted by Crippen LogP contribution is 2.26. The van der Waals surface area contributed by atoms with E-state index >= 15 is 0 Å². The maximum atomic E-state index is 12.1. The maximum Gasteiger partial charge on any atom is 0.337 e. The summed E-state index contributed by atoms with van der Waals surface area (Å²) < 4.78 is 7.24. The van der Waals surface area contributed by atoms with Crippen LogP contribution in [0.2, 0.25) is 0 Å². The second-order valence-corrected chi connectivity index (χ2v) is 4.31. The van der Waals surface area contributed by atoms with Gasteiger partial charge in [-0.15, -0.1) is 0 Å². The minimum Gasteiger partial charge on any atom is -0.394 e. The van der Waals surface area contributed by atoms with E-state index in [1.165, 1.54) is 6.20 Å². The summed E-state index contributed by atoms with van der Waals surface area (Å²) in [4.78, 5) is 33.9. The Bertz CT molecular complexity index is 632. The molecule has 1 aromatic heterocycles. The molecule has 1 aliphatic rings. The molecule has 0 saturated carbocycles. The lowest BCUT2D eigenvalue weighted by Crippen LogP contribution is -2.38. The largest absolute Gasteiger partial charge is 0.394 e. The zero-order valence-electron chi connectivity index (χ0n) is 10.5. The number of carbonyl (C=O) groups excluding carboxylic acids is 1. The maximum absolute atomic E-state index is 12.1. The molecule has 3 unspecified atom stereocenters. The monoisotopic (exact) mass is 282 g/mol. The van der Waals surface area contributed by atoms with Crippen molar-refractivity contribution in [3.05, 3.63) is 39.2 Å². The number of aliphatic hydroxyl groups excluding tert-OH is 2. The highest BCUT2D eigenvalue weighted by Gasteiger charge is 2.35. The molecule has 0 spiro atoms. The van der Waals surface area contributed by atoms with Crippen molar-refractivity contribution >= 4 is 12.5 Å². The summed E-state index contributed by atoms with van der Waals surface area (Å²) in [6.45, 7) is -0.364. The van der Waals surface area contributed by atoms with Gasteiger partial charge in [0.05, 0.1) is 12.7 Å². The van der Waals surface area contributed by atoms with Crippen LogP contribution in [0.4, 0.5) is 0 Å². The van der Waals surface area contributed by atoms with Gasteiger partial charge in [-0.3, -0.25) is 14.2 Å². The summed E-state index contributed by atoms with van der Waals surface area (Å²) in [6, 6.07) is 1.15. The van der Waals surface area contributed by atoms with E-state index in [0.29, 0.717) is 6.29 Å². The van der Waals surface area contributed by atoms with Crippen LogP contribution in [0.1, 0.15) is 12.6 Å². The Kier molecular flexibility index (Phi) is 4.28. The fourth-order valence-electron chi connectivity index (χ4n) is 2.03. The van der Waals surface area contributed by atoms with E-state index in [1.54, 1.807) is 0 Å². The third kappa shape index (κ3) is 2.62. The Morgan fingerprint density at radius 3 is 2.80 bits per heavy atom. The third-order valence-corrected chi connectivity index (χ3v) is 3.05. The first kappa shape index (κ1) is 14.4. The van der Waals surface area contributed by atoms with Crippen molar-refractivity contribution in [2.24, 2.45) is 0 Å². The first-order valence-electron chi connectivity index (χ1n) is 5.98. The van der Waals surface area contributed by atoms with Crippen LogP contribution in [0.15, 0.2) is 27.9 Å². The second-order valence-electron chi connectivity index (χ2n) is 4.31. The molecule has 0 radical (unpaired) electrons. The van der Waals surface area contributed by atoms with Gasteiger partial charge in [-0.1, -0.05) is 0 Å². The highest BCUT2D eigenvalue weighted by molar-refractivity contribution is 5.69. The van der Waals surface area contributed by atoms with Crippen molar-refractivity contribution in [3.63, 3.8) is 0 Å². The molecule has 8 heteroatoms. The SMILES string of the molecule is O=C/C=C/n1c(=O)ccn(C2CC(O)C(CO)O2)c1=O. The summed E-state index contributed by atoms with van der Waals surface area (Å²) in [6.07, 6.45) is 1.48. The molecule has 3 atom stereocenters. The molecule has 2 rings (SSSR count). The number of allylic oxidation sites excluding steroid dienone is 1. The molecule has 108 valence electrons. The number of hydrogen-bond acceptors (Lipinski definition) is 6. The zero-order chi connectivity index (χ0) is 14.7. The number of aldehydes is 1. The number of aliphatic hydroxyl groups is 2. The van der Waals surface area contributed by atoms with Crippen LogP contribution in [0.25, 0.3) is 6.20 Å². The van der Waals surface area contributed by atoms with Crippen LogP contribution in [0.3, 0.4) is 0 Å². The predicted octanol–water partition coefficient (Wildman–Crippen LogP) is -1.68. The van der Waals surface area contributed by atoms with Crippen LogP contribution >= 0.6 is 0 Å². The van der Waals surface area contributed by atoms with E-state index in [9.17, 15) is 19.5 Å². The van der Waals surface area contributed by atoms with Crippen LogP contribution in [-0.4, -0.2) is 44.4 Å². The standard InChI is InChI=1S/C12H14N2O6/c15-5-1-3-13-10(18)2-4-14(12(13)19)11-6-8(17)9(7-16)20-11/h1-5,8-9,11,16-17H,6-7H2/b3-1+. The molecule has 20 heavy (non-hydrogen) atoms. The van der Waals surface area contributed by atoms with Crippen molar-refractivity contribution in [2.75, 3.05) is 6.61 Å². The van der Waals surface area contributed by atoms with E-state index in [1.807, 2.05) is 0 Å². The number of aromatic nitrogens is 2. The molecule has 1 saturated heterocycles. The van der Waals surface area contributed by atoms with Crippen LogP contribution in [0, 0.1) is 0 Å². The highest BCUT2D eigenvalue weighted by atomic mass is 16.5. The molecule has 2 N–H and O–H groups in total. The molecule has 1 aliphatic heterocycles. The van der Waals surface area contributed by atoms with Gasteiger partial charge in [-0.05, 0) is 6.08 Å². The predicted molar refractivity (Wildman–Crippen MR) is 68.0 cm³/mol. The summed E-state index contributed by atoms with van der Waals surface area (Å²) in [5.74, 6) is 0. The Morgan fingerprint density at radius 2 is 2.20 bits per heavy atom. The average Bonchev–Trinajstić information content (AvgIpc) is 2.79. The van der Waals surface area contributed by atoms with E-state index in [-0.39, 0.29) is 13.0 Å². The number of rotatable bonds is 4. The minimum atomic E-state index is -0.886. The Labute approximate surface area is 113 Å². The quantitative estimate of drug-likeness (QED) is 0.504. The number of nitrogens with zero attached hydrogens (tertiary/aromatic N) is 2. The topological polar surface area (TPSA) is 111 Å². The lowest BCUT2D eigenvalue weighted by Gasteiger charge is -2.15. The van der Waals surface area contributed by atoms with Gasteiger partial charge >= 0.3 is 5.69 Å². The number of hydrogen-bond donors (Lipinski definition) is 2. The summed E-state index contributed by atoms with van der Waals surface area (Å²) in [5, 5.41) is 18.7. The lowest BCUT2D eigenvalue weighted by molar-refractivity contribution is -0.104. The van der Waals surface area contributed by atoms with E-state index in [2.05, 4.69) is 0 Å². The van der Waals surface area contributed by atoms with Gasteiger partial charge in [0.15, 0.2) is 0 Å². The van der Waals surface area contributed by atoms with Crippen molar-refractivity contribution < 1.29 is 19.7 Å². The van der Waals surface area contributed by atoms with Gasteiger partial charge in [0, 0.05) is 24.9 Å². The summed E-state index contributed by atoms with van der Waals surface area (Å²) in [7, 11) is 0. The molecular formula is C12H14N2O6. The van der Waals surface area contributed by atoms with Crippen LogP contribution < -0.4 is 11.2 Å². The normalized spacial score (nSPS) is 26.2. The average molecular weight is 282 g/mol. The Hall–Kier alpha value is -2.03. The van der Waals surface area contributed by atoms with Crippen LogP contribution in [0.5, 0.6) is 0 Å². The van der Waals surface area contributed by atoms with Gasteiger partial charge in [-0.25, -0.2) is 9.36 Å². The Balaban J connectivity index is 2.39. The second kappa shape index (κ2) is 5.95. The Morgan fingerprint density at radius 1 is 1.45 bits per heavy atom. The number of carbonyl (C=O) groups is 1. The lowest BCUT2D eigenvalue weighted by atomic mass is 10.2. The van der Waals surface area contributed by atoms with Crippen molar-refractivity contribution in [2.45, 2.75) is 24.9 Å². The van der Waals surface area contributed by atoms with E-state index in [0.717, 1.165) is 27.5 Å². The van der Waals surface area contributed by atoms with Crippen molar-refractivity contribution in [3.8, 4) is 0 Å². The molecule has 8 nitrogen and oxygen atoms in total. The van der Waals surface area contributed by atoms with Gasteiger partial charge in [0.1, 0.15) is 18.6 Å². The molecule has 1 fully saturated rings. The molecular weight excluding hydrogens is 268 g/mol. The van der Waals surface area contributed by atoms with Crippen molar-refractivity contribution in [1.82, 2.24) is 9.13 Å². The molecule has 0 aromatic carbocycles. The zero-order valence-corrected chi connectivity index (χ0v) is 10.5. The molecule has 2 heterocycles. The van der Waals surface area contributed by atoms with E-state index < -0.39 is 29.7 Å². The third-order valence-electron chi connectivity index (χ3n) is 3.05. The first-order chi connectivity index (χ1) is 9.58. The van der Waals surface area contributed by atoms with Gasteiger partial charge in [-0.2, -0.15) is 0 Å². The number of ether oxygens (including phenoxy) is 1. The summed E-state index contributed by atoms with van der Waals surface area (Å²) in [5.41, 5.74) is -1.27. The van der Waals surface area contributed by atoms with Gasteiger partial charge < -0.3 is 14.9 Å². The molecule has 0 amide bonds. The smallest absolute Gasteiger partial charge is 0.337 e.